The Labute approximate surface area is 197 Å². The lowest BCUT2D eigenvalue weighted by Gasteiger charge is -2.45. The van der Waals surface area contributed by atoms with Gasteiger partial charge in [0, 0.05) is 64.3 Å². The number of aryl methyl sites for hydroxylation is 1. The van der Waals surface area contributed by atoms with Crippen molar-refractivity contribution in [2.45, 2.75) is 50.2 Å². The number of piperidine rings is 1. The molecule has 0 aliphatic carbocycles. The van der Waals surface area contributed by atoms with Crippen LogP contribution in [-0.2, 0) is 22.1 Å². The number of nitrogens with zero attached hydrogens (tertiary/aromatic N) is 3. The molecule has 6 nitrogen and oxygen atoms in total. The average molecular weight is 463 g/mol. The summed E-state index contributed by atoms with van der Waals surface area (Å²) in [5.74, 6) is 0. The third-order valence-electron chi connectivity index (χ3n) is 7.04. The molecule has 1 aromatic carbocycles. The van der Waals surface area contributed by atoms with Crippen molar-refractivity contribution in [2.24, 2.45) is 5.73 Å². The number of rotatable bonds is 11. The van der Waals surface area contributed by atoms with E-state index in [2.05, 4.69) is 51.9 Å². The summed E-state index contributed by atoms with van der Waals surface area (Å²) in [6, 6.07) is 9.01. The van der Waals surface area contributed by atoms with Crippen molar-refractivity contribution < 1.29 is 8.95 Å². The van der Waals surface area contributed by atoms with Crippen molar-refractivity contribution in [1.29, 1.82) is 0 Å². The maximum atomic E-state index is 13.7. The van der Waals surface area contributed by atoms with E-state index in [1.165, 1.54) is 30.5 Å². The van der Waals surface area contributed by atoms with Gasteiger partial charge in [0.05, 0.1) is 6.61 Å². The highest BCUT2D eigenvalue weighted by atomic mass is 32.2. The summed E-state index contributed by atoms with van der Waals surface area (Å²) in [5, 5.41) is 0. The lowest BCUT2D eigenvalue weighted by atomic mass is 9.93. The molecule has 2 fully saturated rings. The molecule has 0 aromatic heterocycles. The van der Waals surface area contributed by atoms with Gasteiger partial charge in [0.1, 0.15) is 15.7 Å². The Morgan fingerprint density at radius 2 is 1.75 bits per heavy atom. The fraction of sp³-hybridized carbons (Fsp3) is 0.680. The van der Waals surface area contributed by atoms with Crippen LogP contribution in [0.1, 0.15) is 44.6 Å². The third-order valence-corrected chi connectivity index (χ3v) is 9.21. The van der Waals surface area contributed by atoms with Crippen LogP contribution in [0, 0.1) is 0 Å². The van der Waals surface area contributed by atoms with Gasteiger partial charge in [-0.15, -0.1) is 0 Å². The van der Waals surface area contributed by atoms with Crippen molar-refractivity contribution in [1.82, 2.24) is 9.21 Å². The Hall–Kier alpha value is -1.41. The Morgan fingerprint density at radius 3 is 2.31 bits per heavy atom. The molecule has 2 heterocycles. The Bertz CT molecular complexity index is 739. The van der Waals surface area contributed by atoms with E-state index in [0.29, 0.717) is 5.70 Å². The quantitative estimate of drug-likeness (QED) is 0.512. The minimum atomic E-state index is -1.16. The molecule has 1 unspecified atom stereocenters. The normalized spacial score (nSPS) is 20.9. The van der Waals surface area contributed by atoms with Gasteiger partial charge in [-0.05, 0) is 43.4 Å². The molecule has 0 saturated carbocycles. The second kappa shape index (κ2) is 12.2. The lowest BCUT2D eigenvalue weighted by Crippen LogP contribution is -2.57. The number of hydrogen-bond donors (Lipinski definition) is 1. The van der Waals surface area contributed by atoms with Crippen LogP contribution in [-0.4, -0.2) is 77.7 Å². The topological polar surface area (TPSA) is 62.0 Å². The van der Waals surface area contributed by atoms with E-state index in [1.807, 2.05) is 0 Å². The summed E-state index contributed by atoms with van der Waals surface area (Å²) >= 11 is 0. The number of unbranched alkanes of at least 4 members (excludes halogenated alkanes) is 2. The van der Waals surface area contributed by atoms with Crippen molar-refractivity contribution in [3.05, 3.63) is 42.1 Å². The van der Waals surface area contributed by atoms with E-state index in [-0.39, 0.29) is 0 Å². The number of anilines is 1. The third kappa shape index (κ3) is 6.13. The van der Waals surface area contributed by atoms with Crippen LogP contribution in [0.4, 0.5) is 5.69 Å². The number of piperazine rings is 1. The summed E-state index contributed by atoms with van der Waals surface area (Å²) in [7, 11) is 0.571. The molecule has 0 spiro atoms. The van der Waals surface area contributed by atoms with E-state index in [1.54, 1.807) is 7.11 Å². The predicted molar refractivity (Wildman–Crippen MR) is 135 cm³/mol. The van der Waals surface area contributed by atoms with Crippen LogP contribution in [0.25, 0.3) is 0 Å². The number of hydrogen-bond acceptors (Lipinski definition) is 5. The van der Waals surface area contributed by atoms with Crippen LogP contribution in [0.5, 0.6) is 0 Å². The largest absolute Gasteiger partial charge is 0.401 e. The van der Waals surface area contributed by atoms with E-state index in [9.17, 15) is 4.21 Å². The van der Waals surface area contributed by atoms with Crippen molar-refractivity contribution in [3.8, 4) is 0 Å². The minimum absolute atomic E-state index is 0.508. The smallest absolute Gasteiger partial charge is 0.107 e. The molecular weight excluding hydrogens is 420 g/mol. The van der Waals surface area contributed by atoms with Gasteiger partial charge in [-0.3, -0.25) is 0 Å². The van der Waals surface area contributed by atoms with Crippen molar-refractivity contribution >= 4 is 16.7 Å². The van der Waals surface area contributed by atoms with Crippen LogP contribution < -0.4 is 10.6 Å². The first-order valence-electron chi connectivity index (χ1n) is 12.2. The molecular formula is C25H42N4O2S. The van der Waals surface area contributed by atoms with Gasteiger partial charge in [-0.1, -0.05) is 38.5 Å². The van der Waals surface area contributed by atoms with Gasteiger partial charge >= 0.3 is 0 Å². The molecule has 7 heteroatoms. The highest BCUT2D eigenvalue weighted by molar-refractivity contribution is 7.84. The lowest BCUT2D eigenvalue weighted by molar-refractivity contribution is 0.128. The maximum absolute atomic E-state index is 13.7. The molecule has 32 heavy (non-hydrogen) atoms. The van der Waals surface area contributed by atoms with Crippen molar-refractivity contribution in [3.63, 3.8) is 0 Å². The van der Waals surface area contributed by atoms with Gasteiger partial charge in [0.2, 0.25) is 0 Å². The molecule has 2 aliphatic rings. The van der Waals surface area contributed by atoms with Crippen LogP contribution in [0.3, 0.4) is 0 Å². The number of methoxy groups -OCH3 is 1. The number of ether oxygens (including phenoxy) is 1. The Balaban J connectivity index is 1.54. The number of nitrogens with two attached hydrogens (primary N) is 1. The molecule has 3 rings (SSSR count). The highest BCUT2D eigenvalue weighted by Crippen LogP contribution is 2.35. The Morgan fingerprint density at radius 1 is 1.09 bits per heavy atom. The predicted octanol–water partition coefficient (Wildman–Crippen LogP) is 3.16. The molecule has 1 aromatic rings. The van der Waals surface area contributed by atoms with E-state index < -0.39 is 15.7 Å². The zero-order chi connectivity index (χ0) is 23.0. The molecule has 0 bridgehead atoms. The van der Waals surface area contributed by atoms with Gasteiger partial charge in [-0.25, -0.2) is 8.51 Å². The fourth-order valence-electron chi connectivity index (χ4n) is 4.78. The number of benzene rings is 1. The van der Waals surface area contributed by atoms with Crippen LogP contribution >= 0.6 is 0 Å². The second-order valence-electron chi connectivity index (χ2n) is 9.14. The molecule has 0 amide bonds. The van der Waals surface area contributed by atoms with Crippen LogP contribution in [0.2, 0.25) is 0 Å². The van der Waals surface area contributed by atoms with E-state index >= 15 is 0 Å². The first kappa shape index (κ1) is 25.2. The maximum Gasteiger partial charge on any atom is 0.107 e. The first-order chi connectivity index (χ1) is 15.5. The monoisotopic (exact) mass is 462 g/mol. The highest BCUT2D eigenvalue weighted by Gasteiger charge is 2.44. The van der Waals surface area contributed by atoms with Crippen LogP contribution in [0.15, 0.2) is 36.5 Å². The van der Waals surface area contributed by atoms with E-state index in [4.69, 9.17) is 10.5 Å². The molecule has 180 valence electrons. The Kier molecular flexibility index (Phi) is 9.59. The summed E-state index contributed by atoms with van der Waals surface area (Å²) < 4.78 is 20.5. The zero-order valence-corrected chi connectivity index (χ0v) is 20.9. The summed E-state index contributed by atoms with van der Waals surface area (Å²) in [6.07, 6.45) is 6.56. The first-order valence-corrected chi connectivity index (χ1v) is 13.3. The SMILES string of the molecule is C=C(N)C1(S(=O)N2CCN(c3ccc(CCCCC)cc3)CC2)CCN(CCOC)CC1. The van der Waals surface area contributed by atoms with Crippen molar-refractivity contribution in [2.75, 3.05) is 64.4 Å². The van der Waals surface area contributed by atoms with Gasteiger partial charge in [0.15, 0.2) is 0 Å². The molecule has 2 N–H and O–H groups in total. The van der Waals surface area contributed by atoms with Gasteiger partial charge in [0.25, 0.3) is 0 Å². The van der Waals surface area contributed by atoms with Gasteiger partial charge < -0.3 is 20.3 Å². The molecule has 2 saturated heterocycles. The fourth-order valence-corrected chi connectivity index (χ4v) is 6.52. The second-order valence-corrected chi connectivity index (χ2v) is 10.9. The zero-order valence-electron chi connectivity index (χ0n) is 20.1. The minimum Gasteiger partial charge on any atom is -0.401 e. The molecule has 2 aliphatic heterocycles. The summed E-state index contributed by atoms with van der Waals surface area (Å²) in [6.45, 7) is 13.0. The summed E-state index contributed by atoms with van der Waals surface area (Å²) in [4.78, 5) is 4.77. The van der Waals surface area contributed by atoms with Gasteiger partial charge in [-0.2, -0.15) is 0 Å². The number of likely N-dealkylation sites (tertiary alicyclic amines) is 1. The molecule has 0 radical (unpaired) electrons. The standard InChI is InChI=1S/C25H42N4O2S/c1-4-5-6-7-23-8-10-24(11-9-23)28-16-18-29(19-17-28)32(30)25(22(2)26)12-14-27(15-13-25)20-21-31-3/h8-11H,2,4-7,12-21,26H2,1,3H3. The molecule has 1 atom stereocenters. The van der Waals surface area contributed by atoms with E-state index in [0.717, 1.165) is 71.7 Å². The average Bonchev–Trinajstić information content (AvgIpc) is 2.83. The summed E-state index contributed by atoms with van der Waals surface area (Å²) in [5.41, 5.74) is 9.52.